The molecule has 0 heterocycles. The van der Waals surface area contributed by atoms with Crippen LogP contribution in [-0.2, 0) is 16.0 Å². The second-order valence-corrected chi connectivity index (χ2v) is 4.39. The van der Waals surface area contributed by atoms with Crippen LogP contribution in [0.25, 0.3) is 0 Å². The number of benzene rings is 1. The Balaban J connectivity index is 2.30. The Bertz CT molecular complexity index is 375. The van der Waals surface area contributed by atoms with Crippen molar-refractivity contribution in [3.05, 3.63) is 29.8 Å². The summed E-state index contributed by atoms with van der Waals surface area (Å²) in [6.07, 6.45) is 2.66. The van der Waals surface area contributed by atoms with Gasteiger partial charge in [0.2, 0.25) is 0 Å². The number of carbonyl (C=O) groups excluding carboxylic acids is 1. The monoisotopic (exact) mass is 265 g/mol. The van der Waals surface area contributed by atoms with Crippen LogP contribution in [0.2, 0.25) is 0 Å². The van der Waals surface area contributed by atoms with E-state index >= 15 is 0 Å². The average Bonchev–Trinajstić information content (AvgIpc) is 2.41. The zero-order chi connectivity index (χ0) is 14.1. The fourth-order valence-electron chi connectivity index (χ4n) is 1.71. The third-order valence-corrected chi connectivity index (χ3v) is 2.75. The molecule has 1 aromatic rings. The summed E-state index contributed by atoms with van der Waals surface area (Å²) in [6, 6.07) is 7.40. The van der Waals surface area contributed by atoms with Crippen molar-refractivity contribution in [1.82, 2.24) is 0 Å². The molecule has 0 saturated heterocycles. The van der Waals surface area contributed by atoms with Gasteiger partial charge in [-0.15, -0.1) is 0 Å². The Morgan fingerprint density at radius 1 is 1.26 bits per heavy atom. The lowest BCUT2D eigenvalue weighted by atomic mass is 10.1. The van der Waals surface area contributed by atoms with E-state index in [0.717, 1.165) is 18.6 Å². The fourth-order valence-corrected chi connectivity index (χ4v) is 1.71. The molecule has 0 spiro atoms. The largest absolute Gasteiger partial charge is 0.494 e. The van der Waals surface area contributed by atoms with Crippen LogP contribution in [0.1, 0.15) is 32.3 Å². The van der Waals surface area contributed by atoms with Crippen LogP contribution in [0.3, 0.4) is 0 Å². The average molecular weight is 265 g/mol. The molecule has 0 aliphatic carbocycles. The van der Waals surface area contributed by atoms with E-state index in [1.54, 1.807) is 6.92 Å². The van der Waals surface area contributed by atoms with E-state index in [9.17, 15) is 4.79 Å². The van der Waals surface area contributed by atoms with Gasteiger partial charge >= 0.3 is 5.97 Å². The van der Waals surface area contributed by atoms with Gasteiger partial charge in [0.15, 0.2) is 0 Å². The van der Waals surface area contributed by atoms with Crippen LogP contribution in [0.15, 0.2) is 24.3 Å². The van der Waals surface area contributed by atoms with Gasteiger partial charge < -0.3 is 15.2 Å². The SMILES string of the molecule is CCCc1ccc(OCCC(N)C(=O)OCC)cc1. The molecule has 2 N–H and O–H groups in total. The molecule has 4 nitrogen and oxygen atoms in total. The molecule has 19 heavy (non-hydrogen) atoms. The van der Waals surface area contributed by atoms with Gasteiger partial charge in [-0.25, -0.2) is 0 Å². The Morgan fingerprint density at radius 2 is 1.95 bits per heavy atom. The lowest BCUT2D eigenvalue weighted by molar-refractivity contribution is -0.145. The summed E-state index contributed by atoms with van der Waals surface area (Å²) in [5.74, 6) is 0.431. The zero-order valence-electron chi connectivity index (χ0n) is 11.7. The third-order valence-electron chi connectivity index (χ3n) is 2.75. The highest BCUT2D eigenvalue weighted by atomic mass is 16.5. The Kier molecular flexibility index (Phi) is 6.97. The first-order valence-corrected chi connectivity index (χ1v) is 6.81. The topological polar surface area (TPSA) is 61.5 Å². The lowest BCUT2D eigenvalue weighted by Gasteiger charge is -2.11. The molecule has 0 aliphatic heterocycles. The molecule has 0 aliphatic rings. The highest BCUT2D eigenvalue weighted by Gasteiger charge is 2.14. The number of ether oxygens (including phenoxy) is 2. The Morgan fingerprint density at radius 3 is 2.53 bits per heavy atom. The van der Waals surface area contributed by atoms with Gasteiger partial charge in [0.25, 0.3) is 0 Å². The second kappa shape index (κ2) is 8.53. The lowest BCUT2D eigenvalue weighted by Crippen LogP contribution is -2.33. The normalized spacial score (nSPS) is 11.9. The molecule has 0 amide bonds. The summed E-state index contributed by atoms with van der Waals surface area (Å²) in [4.78, 5) is 11.3. The summed E-state index contributed by atoms with van der Waals surface area (Å²) in [5, 5.41) is 0. The predicted octanol–water partition coefficient (Wildman–Crippen LogP) is 2.30. The van der Waals surface area contributed by atoms with Gasteiger partial charge in [0, 0.05) is 6.42 Å². The summed E-state index contributed by atoms with van der Waals surface area (Å²) in [7, 11) is 0. The molecule has 0 aromatic heterocycles. The van der Waals surface area contributed by atoms with Crippen molar-refractivity contribution in [2.24, 2.45) is 5.73 Å². The molecule has 4 heteroatoms. The van der Waals surface area contributed by atoms with E-state index in [4.69, 9.17) is 15.2 Å². The molecule has 0 saturated carbocycles. The minimum atomic E-state index is -0.612. The van der Waals surface area contributed by atoms with Crippen LogP contribution in [-0.4, -0.2) is 25.2 Å². The van der Waals surface area contributed by atoms with E-state index in [1.165, 1.54) is 5.56 Å². The van der Waals surface area contributed by atoms with E-state index < -0.39 is 6.04 Å². The molecular formula is C15H23NO3. The maximum Gasteiger partial charge on any atom is 0.323 e. The minimum absolute atomic E-state index is 0.353. The van der Waals surface area contributed by atoms with Gasteiger partial charge in [-0.3, -0.25) is 4.79 Å². The van der Waals surface area contributed by atoms with Crippen LogP contribution >= 0.6 is 0 Å². The van der Waals surface area contributed by atoms with Crippen molar-refractivity contribution in [2.75, 3.05) is 13.2 Å². The molecule has 0 fully saturated rings. The van der Waals surface area contributed by atoms with E-state index in [-0.39, 0.29) is 5.97 Å². The molecule has 1 aromatic carbocycles. The van der Waals surface area contributed by atoms with Crippen LogP contribution < -0.4 is 10.5 Å². The van der Waals surface area contributed by atoms with Crippen LogP contribution in [0.5, 0.6) is 5.75 Å². The molecular weight excluding hydrogens is 242 g/mol. The number of hydrogen-bond acceptors (Lipinski definition) is 4. The highest BCUT2D eigenvalue weighted by molar-refractivity contribution is 5.75. The van der Waals surface area contributed by atoms with E-state index in [1.807, 2.05) is 12.1 Å². The number of hydrogen-bond donors (Lipinski definition) is 1. The van der Waals surface area contributed by atoms with E-state index in [0.29, 0.717) is 19.6 Å². The Hall–Kier alpha value is -1.55. The molecule has 106 valence electrons. The zero-order valence-corrected chi connectivity index (χ0v) is 11.7. The molecule has 1 rings (SSSR count). The first-order chi connectivity index (χ1) is 9.17. The molecule has 0 bridgehead atoms. The molecule has 0 radical (unpaired) electrons. The van der Waals surface area contributed by atoms with Gasteiger partial charge in [-0.2, -0.15) is 0 Å². The van der Waals surface area contributed by atoms with Crippen molar-refractivity contribution in [3.63, 3.8) is 0 Å². The molecule has 1 unspecified atom stereocenters. The quantitative estimate of drug-likeness (QED) is 0.733. The number of carbonyl (C=O) groups is 1. The van der Waals surface area contributed by atoms with Gasteiger partial charge in [-0.05, 0) is 31.0 Å². The van der Waals surface area contributed by atoms with Gasteiger partial charge in [0.05, 0.1) is 13.2 Å². The minimum Gasteiger partial charge on any atom is -0.494 e. The van der Waals surface area contributed by atoms with Gasteiger partial charge in [-0.1, -0.05) is 25.5 Å². The number of aryl methyl sites for hydroxylation is 1. The highest BCUT2D eigenvalue weighted by Crippen LogP contribution is 2.13. The summed E-state index contributed by atoms with van der Waals surface area (Å²) < 4.78 is 10.4. The van der Waals surface area contributed by atoms with Crippen molar-refractivity contribution >= 4 is 5.97 Å². The number of rotatable bonds is 8. The number of esters is 1. The van der Waals surface area contributed by atoms with Crippen LogP contribution in [0, 0.1) is 0 Å². The van der Waals surface area contributed by atoms with Crippen LogP contribution in [0.4, 0.5) is 0 Å². The van der Waals surface area contributed by atoms with E-state index in [2.05, 4.69) is 19.1 Å². The van der Waals surface area contributed by atoms with Crippen molar-refractivity contribution in [1.29, 1.82) is 0 Å². The predicted molar refractivity (Wildman–Crippen MR) is 75.2 cm³/mol. The van der Waals surface area contributed by atoms with Gasteiger partial charge in [0.1, 0.15) is 11.8 Å². The van der Waals surface area contributed by atoms with Crippen molar-refractivity contribution < 1.29 is 14.3 Å². The summed E-state index contributed by atoms with van der Waals surface area (Å²) in [5.41, 5.74) is 6.98. The maximum absolute atomic E-state index is 11.3. The summed E-state index contributed by atoms with van der Waals surface area (Å²) in [6.45, 7) is 4.68. The molecule has 1 atom stereocenters. The third kappa shape index (κ3) is 5.75. The first kappa shape index (κ1) is 15.5. The Labute approximate surface area is 114 Å². The number of nitrogens with two attached hydrogens (primary N) is 1. The standard InChI is InChI=1S/C15H23NO3/c1-3-5-12-6-8-13(9-7-12)19-11-10-14(16)15(17)18-4-2/h6-9,14H,3-5,10-11,16H2,1-2H3. The smallest absolute Gasteiger partial charge is 0.323 e. The second-order valence-electron chi connectivity index (χ2n) is 4.39. The van der Waals surface area contributed by atoms with Crippen molar-refractivity contribution in [2.45, 2.75) is 39.2 Å². The van der Waals surface area contributed by atoms with Crippen molar-refractivity contribution in [3.8, 4) is 5.75 Å². The first-order valence-electron chi connectivity index (χ1n) is 6.81. The maximum atomic E-state index is 11.3. The summed E-state index contributed by atoms with van der Waals surface area (Å²) >= 11 is 0. The fraction of sp³-hybridized carbons (Fsp3) is 0.533.